The molecule has 0 bridgehead atoms. The van der Waals surface area contributed by atoms with Gasteiger partial charge in [-0.15, -0.1) is 0 Å². The number of aliphatic hydroxyl groups excluding tert-OH is 5. The zero-order chi connectivity index (χ0) is 14.3. The van der Waals surface area contributed by atoms with Crippen LogP contribution in [0.5, 0.6) is 0 Å². The molecule has 0 aromatic carbocycles. The van der Waals surface area contributed by atoms with Gasteiger partial charge in [0.25, 0.3) is 0 Å². The fraction of sp³-hybridized carbons (Fsp3) is 1.00. The molecule has 1 fully saturated rings. The topological polar surface area (TPSA) is 162 Å². The van der Waals surface area contributed by atoms with Gasteiger partial charge in [0.15, 0.2) is 11.4 Å². The third-order valence-electron chi connectivity index (χ3n) is 3.49. The van der Waals surface area contributed by atoms with Gasteiger partial charge < -0.3 is 40.9 Å². The van der Waals surface area contributed by atoms with Crippen molar-refractivity contribution in [2.75, 3.05) is 0 Å². The first-order valence-electron chi connectivity index (χ1n) is 5.68. The third kappa shape index (κ3) is 2.04. The maximum Gasteiger partial charge on any atom is 0.197 e. The van der Waals surface area contributed by atoms with Gasteiger partial charge >= 0.3 is 0 Å². The van der Waals surface area contributed by atoms with Crippen molar-refractivity contribution in [1.29, 1.82) is 0 Å². The van der Waals surface area contributed by atoms with Gasteiger partial charge in [0.05, 0.1) is 0 Å². The number of hydrogen-bond donors (Lipinski definition) is 8. The van der Waals surface area contributed by atoms with Gasteiger partial charge in [-0.25, -0.2) is 0 Å². The van der Waals surface area contributed by atoms with Crippen LogP contribution < -0.4 is 0 Å². The molecule has 0 aliphatic heterocycles. The van der Waals surface area contributed by atoms with Crippen LogP contribution in [0.2, 0.25) is 0 Å². The van der Waals surface area contributed by atoms with Crippen molar-refractivity contribution in [3.8, 4) is 0 Å². The Bertz CT molecular complexity index is 278. The molecule has 4 atom stereocenters. The monoisotopic (exact) mass is 268 g/mol. The van der Waals surface area contributed by atoms with E-state index in [2.05, 4.69) is 0 Å². The highest BCUT2D eigenvalue weighted by Crippen LogP contribution is 2.39. The fourth-order valence-electron chi connectivity index (χ4n) is 2.29. The van der Waals surface area contributed by atoms with Crippen molar-refractivity contribution in [3.05, 3.63) is 0 Å². The molecule has 108 valence electrons. The quantitative estimate of drug-likeness (QED) is 0.240. The Balaban J connectivity index is 3.18. The molecule has 1 aliphatic carbocycles. The second-order valence-electron chi connectivity index (χ2n) is 4.75. The summed E-state index contributed by atoms with van der Waals surface area (Å²) in [7, 11) is 0. The molecule has 0 spiro atoms. The Morgan fingerprint density at radius 3 is 1.61 bits per heavy atom. The molecule has 0 aromatic rings. The van der Waals surface area contributed by atoms with E-state index in [0.717, 1.165) is 0 Å². The first-order valence-corrected chi connectivity index (χ1v) is 5.68. The van der Waals surface area contributed by atoms with Gasteiger partial charge in [-0.1, -0.05) is 13.3 Å². The van der Waals surface area contributed by atoms with Crippen molar-refractivity contribution in [2.45, 2.75) is 61.7 Å². The summed E-state index contributed by atoms with van der Waals surface area (Å²) in [5, 5.41) is 77.1. The van der Waals surface area contributed by atoms with Crippen LogP contribution in [0.1, 0.15) is 19.8 Å². The molecule has 0 heterocycles. The van der Waals surface area contributed by atoms with E-state index in [-0.39, 0.29) is 6.42 Å². The maximum absolute atomic E-state index is 10.1. The maximum atomic E-state index is 10.1. The van der Waals surface area contributed by atoms with Gasteiger partial charge in [0, 0.05) is 6.42 Å². The lowest BCUT2D eigenvalue weighted by molar-refractivity contribution is -0.371. The summed E-state index contributed by atoms with van der Waals surface area (Å²) >= 11 is 0. The Hall–Kier alpha value is -0.320. The summed E-state index contributed by atoms with van der Waals surface area (Å²) in [5.41, 5.74) is -2.97. The van der Waals surface area contributed by atoms with E-state index in [1.54, 1.807) is 6.92 Å². The van der Waals surface area contributed by atoms with Crippen LogP contribution in [0, 0.1) is 0 Å². The van der Waals surface area contributed by atoms with Crippen molar-refractivity contribution in [1.82, 2.24) is 0 Å². The molecule has 0 radical (unpaired) electrons. The van der Waals surface area contributed by atoms with E-state index in [1.807, 2.05) is 0 Å². The van der Waals surface area contributed by atoms with Crippen molar-refractivity contribution in [3.63, 3.8) is 0 Å². The fourth-order valence-corrected chi connectivity index (χ4v) is 2.29. The van der Waals surface area contributed by atoms with Crippen LogP contribution in [0.25, 0.3) is 0 Å². The first kappa shape index (κ1) is 15.7. The summed E-state index contributed by atoms with van der Waals surface area (Å²) in [6, 6.07) is 0. The lowest BCUT2D eigenvalue weighted by atomic mass is 9.69. The Labute approximate surface area is 103 Å². The van der Waals surface area contributed by atoms with Gasteiger partial charge in [-0.2, -0.15) is 0 Å². The average molecular weight is 268 g/mol. The molecule has 0 amide bonds. The van der Waals surface area contributed by atoms with E-state index in [0.29, 0.717) is 0 Å². The summed E-state index contributed by atoms with van der Waals surface area (Å²) in [6.07, 6.45) is -10.6. The molecule has 1 rings (SSSR count). The average Bonchev–Trinajstić information content (AvgIpc) is 2.31. The molecule has 0 saturated heterocycles. The van der Waals surface area contributed by atoms with Crippen LogP contribution in [0.3, 0.4) is 0 Å². The van der Waals surface area contributed by atoms with Crippen LogP contribution in [0.4, 0.5) is 0 Å². The number of aliphatic hydroxyl groups is 8. The SMILES string of the molecule is CCCC(O)(O)C1(O)[C@@H](O)[C@H](O)C(O)[C@@H](O)[C@@H]1O. The highest BCUT2D eigenvalue weighted by atomic mass is 16.5. The summed E-state index contributed by atoms with van der Waals surface area (Å²) in [5.74, 6) is -2.93. The highest BCUT2D eigenvalue weighted by molar-refractivity contribution is 5.13. The molecule has 8 N–H and O–H groups in total. The van der Waals surface area contributed by atoms with Crippen LogP contribution in [-0.4, -0.2) is 82.8 Å². The second-order valence-corrected chi connectivity index (χ2v) is 4.75. The third-order valence-corrected chi connectivity index (χ3v) is 3.49. The molecule has 0 unspecified atom stereocenters. The molecule has 18 heavy (non-hydrogen) atoms. The van der Waals surface area contributed by atoms with E-state index >= 15 is 0 Å². The Kier molecular flexibility index (Phi) is 4.36. The summed E-state index contributed by atoms with van der Waals surface area (Å²) in [4.78, 5) is 0. The molecule has 1 saturated carbocycles. The lowest BCUT2D eigenvalue weighted by Crippen LogP contribution is -2.78. The first-order chi connectivity index (χ1) is 8.11. The lowest BCUT2D eigenvalue weighted by Gasteiger charge is -2.52. The second kappa shape index (κ2) is 4.99. The molecular weight excluding hydrogens is 248 g/mol. The Morgan fingerprint density at radius 2 is 1.28 bits per heavy atom. The molecular formula is C10H20O8. The molecule has 8 heteroatoms. The van der Waals surface area contributed by atoms with Gasteiger partial charge in [-0.05, 0) is 0 Å². The van der Waals surface area contributed by atoms with E-state index in [4.69, 9.17) is 0 Å². The zero-order valence-corrected chi connectivity index (χ0v) is 9.88. The van der Waals surface area contributed by atoms with Gasteiger partial charge in [-0.3, -0.25) is 0 Å². The highest BCUT2D eigenvalue weighted by Gasteiger charge is 2.66. The molecule has 0 aromatic heterocycles. The van der Waals surface area contributed by atoms with E-state index in [9.17, 15) is 40.9 Å². The summed E-state index contributed by atoms with van der Waals surface area (Å²) < 4.78 is 0. The molecule has 8 nitrogen and oxygen atoms in total. The van der Waals surface area contributed by atoms with E-state index in [1.165, 1.54) is 0 Å². The molecule has 1 aliphatic rings. The van der Waals surface area contributed by atoms with Gasteiger partial charge in [0.2, 0.25) is 0 Å². The van der Waals surface area contributed by atoms with Crippen LogP contribution in [0.15, 0.2) is 0 Å². The zero-order valence-electron chi connectivity index (χ0n) is 9.88. The predicted octanol–water partition coefficient (Wildman–Crippen LogP) is -3.98. The number of rotatable bonds is 3. The van der Waals surface area contributed by atoms with Crippen LogP contribution >= 0.6 is 0 Å². The minimum absolute atomic E-state index is 0.198. The van der Waals surface area contributed by atoms with Crippen molar-refractivity contribution >= 4 is 0 Å². The Morgan fingerprint density at radius 1 is 0.889 bits per heavy atom. The van der Waals surface area contributed by atoms with Crippen molar-refractivity contribution in [2.24, 2.45) is 0 Å². The van der Waals surface area contributed by atoms with E-state index < -0.39 is 48.3 Å². The smallest absolute Gasteiger partial charge is 0.197 e. The predicted molar refractivity (Wildman–Crippen MR) is 57.1 cm³/mol. The number of hydrogen-bond acceptors (Lipinski definition) is 8. The van der Waals surface area contributed by atoms with Gasteiger partial charge in [0.1, 0.15) is 30.5 Å². The van der Waals surface area contributed by atoms with Crippen LogP contribution in [-0.2, 0) is 0 Å². The largest absolute Gasteiger partial charge is 0.387 e. The standard InChI is InChI=1S/C10H20O8/c1-2-3-9(16,17)10(18)7(14)5(12)4(11)6(13)8(10)15/h4-8,11-18H,2-3H2,1H3/t4?,5-,6-,7+,8+,10?/m1/s1. The van der Waals surface area contributed by atoms with Crippen molar-refractivity contribution < 1.29 is 40.9 Å². The summed E-state index contributed by atoms with van der Waals surface area (Å²) in [6.45, 7) is 1.56. The normalized spacial score (nSPS) is 46.2. The minimum atomic E-state index is -2.97. The minimum Gasteiger partial charge on any atom is -0.387 e.